The number of carbonyl (C=O) groups excluding carboxylic acids is 3. The summed E-state index contributed by atoms with van der Waals surface area (Å²) in [4.78, 5) is 39.5. The largest absolute Gasteiger partial charge is 0.345 e. The van der Waals surface area contributed by atoms with Crippen molar-refractivity contribution >= 4 is 34.9 Å². The van der Waals surface area contributed by atoms with Crippen LogP contribution in [0.15, 0.2) is 35.8 Å². The first-order valence-corrected chi connectivity index (χ1v) is 7.73. The van der Waals surface area contributed by atoms with Crippen molar-refractivity contribution < 1.29 is 14.4 Å². The van der Waals surface area contributed by atoms with Gasteiger partial charge in [-0.3, -0.25) is 14.4 Å². The number of thiophene rings is 1. The molecule has 3 N–H and O–H groups in total. The molecule has 0 aliphatic rings. The van der Waals surface area contributed by atoms with Crippen LogP contribution in [0.1, 0.15) is 15.2 Å². The fourth-order valence-corrected chi connectivity index (χ4v) is 2.33. The summed E-state index contributed by atoms with van der Waals surface area (Å²) in [6.45, 7) is 1.51. The molecule has 7 nitrogen and oxygen atoms in total. The summed E-state index contributed by atoms with van der Waals surface area (Å²) < 4.78 is 0. The lowest BCUT2D eigenvalue weighted by atomic mass is 10.3. The number of rotatable bonds is 6. The van der Waals surface area contributed by atoms with E-state index >= 15 is 0 Å². The molecule has 0 saturated carbocycles. The van der Waals surface area contributed by atoms with E-state index in [-0.39, 0.29) is 24.9 Å². The van der Waals surface area contributed by atoms with Gasteiger partial charge in [-0.1, -0.05) is 6.07 Å². The summed E-state index contributed by atoms with van der Waals surface area (Å²) in [5, 5.41) is 9.26. The Bertz CT molecular complexity index is 701. The monoisotopic (exact) mass is 332 g/mol. The second kappa shape index (κ2) is 8.04. The average molecular weight is 332 g/mol. The lowest BCUT2D eigenvalue weighted by molar-refractivity contribution is -0.123. The minimum atomic E-state index is -0.442. The van der Waals surface area contributed by atoms with Crippen LogP contribution in [0, 0.1) is 6.92 Å². The highest BCUT2D eigenvalue weighted by atomic mass is 32.1. The molecule has 0 radical (unpaired) electrons. The van der Waals surface area contributed by atoms with Gasteiger partial charge in [-0.05, 0) is 36.1 Å². The standard InChI is InChI=1S/C15H16N4O3S/c1-10-4-5-16-12(7-10)19-14(21)9-17-13(20)8-18-15(22)11-3-2-6-23-11/h2-7H,8-9H2,1H3,(H,17,20)(H,18,22)(H,16,19,21). The van der Waals surface area contributed by atoms with Gasteiger partial charge in [0.1, 0.15) is 5.82 Å². The number of hydrogen-bond donors (Lipinski definition) is 3. The quantitative estimate of drug-likeness (QED) is 0.733. The van der Waals surface area contributed by atoms with Crippen LogP contribution >= 0.6 is 11.3 Å². The Morgan fingerprint density at radius 3 is 2.61 bits per heavy atom. The molecule has 0 aromatic carbocycles. The van der Waals surface area contributed by atoms with E-state index < -0.39 is 5.91 Å². The van der Waals surface area contributed by atoms with Gasteiger partial charge in [0.25, 0.3) is 5.91 Å². The molecule has 0 bridgehead atoms. The van der Waals surface area contributed by atoms with Crippen LogP contribution in [0.4, 0.5) is 5.82 Å². The number of aromatic nitrogens is 1. The number of anilines is 1. The molecule has 2 aromatic heterocycles. The van der Waals surface area contributed by atoms with Crippen LogP contribution < -0.4 is 16.0 Å². The molecule has 2 aromatic rings. The number of aryl methyl sites for hydroxylation is 1. The highest BCUT2D eigenvalue weighted by molar-refractivity contribution is 7.12. The maximum Gasteiger partial charge on any atom is 0.261 e. The zero-order chi connectivity index (χ0) is 16.7. The zero-order valence-corrected chi connectivity index (χ0v) is 13.3. The first kappa shape index (κ1) is 16.6. The lowest BCUT2D eigenvalue weighted by Gasteiger charge is -2.07. The molecule has 23 heavy (non-hydrogen) atoms. The van der Waals surface area contributed by atoms with Crippen LogP contribution in [0.25, 0.3) is 0 Å². The Balaban J connectivity index is 1.69. The number of pyridine rings is 1. The first-order chi connectivity index (χ1) is 11.0. The van der Waals surface area contributed by atoms with E-state index in [9.17, 15) is 14.4 Å². The molecule has 0 atom stereocenters. The lowest BCUT2D eigenvalue weighted by Crippen LogP contribution is -2.40. The van der Waals surface area contributed by atoms with Crippen LogP contribution in [-0.4, -0.2) is 35.8 Å². The topological polar surface area (TPSA) is 100 Å². The molecule has 0 saturated heterocycles. The van der Waals surface area contributed by atoms with E-state index in [0.717, 1.165) is 5.56 Å². The number of nitrogens with zero attached hydrogens (tertiary/aromatic N) is 1. The van der Waals surface area contributed by atoms with Crippen molar-refractivity contribution in [3.63, 3.8) is 0 Å². The van der Waals surface area contributed by atoms with Crippen molar-refractivity contribution in [2.45, 2.75) is 6.92 Å². The minimum Gasteiger partial charge on any atom is -0.345 e. The molecule has 0 spiro atoms. The van der Waals surface area contributed by atoms with E-state index in [2.05, 4.69) is 20.9 Å². The number of hydrogen-bond acceptors (Lipinski definition) is 5. The van der Waals surface area contributed by atoms with Gasteiger partial charge in [0.15, 0.2) is 0 Å². The third kappa shape index (κ3) is 5.51. The van der Waals surface area contributed by atoms with Gasteiger partial charge in [-0.2, -0.15) is 0 Å². The number of carbonyl (C=O) groups is 3. The van der Waals surface area contributed by atoms with E-state index in [1.165, 1.54) is 11.3 Å². The van der Waals surface area contributed by atoms with Gasteiger partial charge in [-0.25, -0.2) is 4.98 Å². The SMILES string of the molecule is Cc1ccnc(NC(=O)CNC(=O)CNC(=O)c2cccs2)c1. The van der Waals surface area contributed by atoms with Gasteiger partial charge in [0.2, 0.25) is 11.8 Å². The zero-order valence-electron chi connectivity index (χ0n) is 12.5. The number of nitrogens with one attached hydrogen (secondary N) is 3. The van der Waals surface area contributed by atoms with Crippen molar-refractivity contribution in [3.8, 4) is 0 Å². The molecular weight excluding hydrogens is 316 g/mol. The molecule has 8 heteroatoms. The second-order valence-electron chi connectivity index (χ2n) is 4.70. The first-order valence-electron chi connectivity index (χ1n) is 6.85. The number of amides is 3. The van der Waals surface area contributed by atoms with Gasteiger partial charge < -0.3 is 16.0 Å². The van der Waals surface area contributed by atoms with Crippen molar-refractivity contribution in [1.29, 1.82) is 0 Å². The Morgan fingerprint density at radius 2 is 1.91 bits per heavy atom. The Labute approximate surface area is 137 Å². The molecule has 0 fully saturated rings. The smallest absolute Gasteiger partial charge is 0.261 e. The van der Waals surface area contributed by atoms with Crippen molar-refractivity contribution in [2.24, 2.45) is 0 Å². The summed E-state index contributed by atoms with van der Waals surface area (Å²) >= 11 is 1.29. The van der Waals surface area contributed by atoms with Crippen molar-refractivity contribution in [1.82, 2.24) is 15.6 Å². The molecular formula is C15H16N4O3S. The maximum atomic E-state index is 11.7. The third-order valence-corrected chi connectivity index (χ3v) is 3.65. The van der Waals surface area contributed by atoms with Gasteiger partial charge in [-0.15, -0.1) is 11.3 Å². The van der Waals surface area contributed by atoms with E-state index in [1.807, 2.05) is 13.0 Å². The predicted molar refractivity (Wildman–Crippen MR) is 87.3 cm³/mol. The summed E-state index contributed by atoms with van der Waals surface area (Å²) in [5.41, 5.74) is 0.968. The molecule has 2 heterocycles. The van der Waals surface area contributed by atoms with Crippen LogP contribution in [0.5, 0.6) is 0 Å². The molecule has 0 aliphatic heterocycles. The minimum absolute atomic E-state index is 0.188. The van der Waals surface area contributed by atoms with E-state index in [1.54, 1.807) is 29.8 Å². The predicted octanol–water partition coefficient (Wildman–Crippen LogP) is 0.936. The summed E-state index contributed by atoms with van der Waals surface area (Å²) in [7, 11) is 0. The maximum absolute atomic E-state index is 11.7. The Kier molecular flexibility index (Phi) is 5.81. The summed E-state index contributed by atoms with van der Waals surface area (Å²) in [6.07, 6.45) is 1.59. The molecule has 0 unspecified atom stereocenters. The van der Waals surface area contributed by atoms with Crippen LogP contribution in [0.2, 0.25) is 0 Å². The normalized spacial score (nSPS) is 9.96. The highest BCUT2D eigenvalue weighted by Gasteiger charge is 2.10. The van der Waals surface area contributed by atoms with Gasteiger partial charge in [0, 0.05) is 6.20 Å². The van der Waals surface area contributed by atoms with E-state index in [4.69, 9.17) is 0 Å². The van der Waals surface area contributed by atoms with E-state index in [0.29, 0.717) is 10.7 Å². The van der Waals surface area contributed by atoms with Crippen LogP contribution in [0.3, 0.4) is 0 Å². The molecule has 0 aliphatic carbocycles. The molecule has 120 valence electrons. The third-order valence-electron chi connectivity index (χ3n) is 2.78. The fourth-order valence-electron chi connectivity index (χ4n) is 1.69. The Morgan fingerprint density at radius 1 is 1.13 bits per heavy atom. The highest BCUT2D eigenvalue weighted by Crippen LogP contribution is 2.07. The van der Waals surface area contributed by atoms with Gasteiger partial charge in [0.05, 0.1) is 18.0 Å². The second-order valence-corrected chi connectivity index (χ2v) is 5.65. The van der Waals surface area contributed by atoms with Crippen molar-refractivity contribution in [2.75, 3.05) is 18.4 Å². The molecule has 2 rings (SSSR count). The van der Waals surface area contributed by atoms with Gasteiger partial charge >= 0.3 is 0 Å². The fraction of sp³-hybridized carbons (Fsp3) is 0.200. The Hall–Kier alpha value is -2.74. The van der Waals surface area contributed by atoms with Crippen molar-refractivity contribution in [3.05, 3.63) is 46.3 Å². The summed E-state index contributed by atoms with van der Waals surface area (Å²) in [5.74, 6) is -0.720. The average Bonchev–Trinajstić information content (AvgIpc) is 3.05. The van der Waals surface area contributed by atoms with Crippen LogP contribution in [-0.2, 0) is 9.59 Å². The summed E-state index contributed by atoms with van der Waals surface area (Å²) in [6, 6.07) is 6.96. The molecule has 3 amide bonds.